The molecule has 0 bridgehead atoms. The molecule has 15 heavy (non-hydrogen) atoms. The van der Waals surface area contributed by atoms with Crippen LogP contribution < -0.4 is 9.47 Å². The number of carboxylic acid groups (broad SMARTS) is 1. The number of methoxy groups -OCH3 is 2. The van der Waals surface area contributed by atoms with Crippen LogP contribution in [0.3, 0.4) is 0 Å². The monoisotopic (exact) mass is 230 g/mol. The van der Waals surface area contributed by atoms with Gasteiger partial charge >= 0.3 is 5.97 Å². The van der Waals surface area contributed by atoms with E-state index < -0.39 is 5.97 Å². The van der Waals surface area contributed by atoms with Gasteiger partial charge in [0.2, 0.25) is 0 Å². The minimum Gasteiger partial charge on any atom is -0.495 e. The molecule has 0 fully saturated rings. The highest BCUT2D eigenvalue weighted by molar-refractivity contribution is 6.32. The number of benzene rings is 1. The molecule has 0 saturated heterocycles. The van der Waals surface area contributed by atoms with Crippen molar-refractivity contribution in [1.82, 2.24) is 0 Å². The second-order valence-corrected chi connectivity index (χ2v) is 3.33. The maximum absolute atomic E-state index is 11.0. The zero-order valence-corrected chi connectivity index (χ0v) is 9.38. The van der Waals surface area contributed by atoms with E-state index >= 15 is 0 Å². The van der Waals surface area contributed by atoms with Crippen molar-refractivity contribution >= 4 is 17.6 Å². The molecule has 0 atom stereocenters. The first-order chi connectivity index (χ1) is 7.02. The Morgan fingerprint density at radius 2 is 1.87 bits per heavy atom. The number of carbonyl (C=O) groups is 1. The summed E-state index contributed by atoms with van der Waals surface area (Å²) in [6.45, 7) is 1.72. The highest BCUT2D eigenvalue weighted by Crippen LogP contribution is 2.37. The van der Waals surface area contributed by atoms with Gasteiger partial charge in [0.1, 0.15) is 11.3 Å². The fourth-order valence-corrected chi connectivity index (χ4v) is 1.73. The molecule has 0 aliphatic heterocycles. The summed E-state index contributed by atoms with van der Waals surface area (Å²) in [4.78, 5) is 11.0. The van der Waals surface area contributed by atoms with Crippen LogP contribution >= 0.6 is 11.6 Å². The van der Waals surface area contributed by atoms with Gasteiger partial charge in [0.05, 0.1) is 19.2 Å². The molecule has 82 valence electrons. The summed E-state index contributed by atoms with van der Waals surface area (Å²) in [5, 5.41) is 9.30. The second kappa shape index (κ2) is 4.40. The Labute approximate surface area is 92.4 Å². The molecule has 1 rings (SSSR count). The van der Waals surface area contributed by atoms with Gasteiger partial charge in [0, 0.05) is 0 Å². The van der Waals surface area contributed by atoms with Crippen molar-refractivity contribution in [2.45, 2.75) is 6.92 Å². The Balaban J connectivity index is 3.58. The standard InChI is InChI=1S/C10H11ClO4/c1-5-4-6(11)9(15-3)7(10(12)13)8(5)14-2/h4H,1-3H3,(H,12,13). The minimum absolute atomic E-state index is 0.0509. The largest absolute Gasteiger partial charge is 0.495 e. The van der Waals surface area contributed by atoms with Gasteiger partial charge in [-0.3, -0.25) is 0 Å². The third-order valence-electron chi connectivity index (χ3n) is 1.99. The average Bonchev–Trinajstić information content (AvgIpc) is 2.16. The molecule has 0 aromatic heterocycles. The van der Waals surface area contributed by atoms with E-state index in [-0.39, 0.29) is 22.1 Å². The van der Waals surface area contributed by atoms with Gasteiger partial charge in [-0.1, -0.05) is 11.6 Å². The fourth-order valence-electron chi connectivity index (χ4n) is 1.40. The van der Waals surface area contributed by atoms with Gasteiger partial charge in [0.15, 0.2) is 5.75 Å². The summed E-state index contributed by atoms with van der Waals surface area (Å²) in [7, 11) is 2.77. The number of ether oxygens (including phenoxy) is 2. The van der Waals surface area contributed by atoms with Crippen LogP contribution in [0.4, 0.5) is 0 Å². The molecule has 1 aromatic rings. The SMILES string of the molecule is COc1c(C)cc(Cl)c(OC)c1C(=O)O. The number of hydrogen-bond acceptors (Lipinski definition) is 3. The van der Waals surface area contributed by atoms with Crippen LogP contribution in [0.15, 0.2) is 6.07 Å². The molecule has 5 heteroatoms. The van der Waals surface area contributed by atoms with Crippen molar-refractivity contribution in [2.24, 2.45) is 0 Å². The summed E-state index contributed by atoms with van der Waals surface area (Å²) in [5.74, 6) is -0.746. The summed E-state index contributed by atoms with van der Waals surface area (Å²) in [6.07, 6.45) is 0. The minimum atomic E-state index is -1.13. The van der Waals surface area contributed by atoms with Gasteiger partial charge < -0.3 is 14.6 Å². The van der Waals surface area contributed by atoms with Crippen molar-refractivity contribution in [2.75, 3.05) is 14.2 Å². The molecular formula is C10H11ClO4. The molecule has 0 radical (unpaired) electrons. The van der Waals surface area contributed by atoms with Gasteiger partial charge in [-0.05, 0) is 18.6 Å². The first kappa shape index (κ1) is 11.7. The van der Waals surface area contributed by atoms with Crippen molar-refractivity contribution in [3.05, 3.63) is 22.2 Å². The van der Waals surface area contributed by atoms with Crippen molar-refractivity contribution in [3.8, 4) is 11.5 Å². The lowest BCUT2D eigenvalue weighted by molar-refractivity contribution is 0.0689. The molecule has 1 aromatic carbocycles. The average molecular weight is 231 g/mol. The number of rotatable bonds is 3. The maximum atomic E-state index is 11.0. The molecule has 0 unspecified atom stereocenters. The van der Waals surface area contributed by atoms with E-state index in [9.17, 15) is 4.79 Å². The van der Waals surface area contributed by atoms with E-state index in [0.29, 0.717) is 5.56 Å². The topological polar surface area (TPSA) is 55.8 Å². The number of carboxylic acids is 1. The van der Waals surface area contributed by atoms with Crippen molar-refractivity contribution < 1.29 is 19.4 Å². The Kier molecular flexibility index (Phi) is 3.42. The normalized spacial score (nSPS) is 9.87. The number of hydrogen-bond donors (Lipinski definition) is 1. The molecule has 0 heterocycles. The zero-order valence-electron chi connectivity index (χ0n) is 8.63. The predicted molar refractivity (Wildman–Crippen MR) is 56.3 cm³/mol. The Hall–Kier alpha value is -1.42. The highest BCUT2D eigenvalue weighted by Gasteiger charge is 2.22. The Bertz CT molecular complexity index is 373. The number of aryl methyl sites for hydroxylation is 1. The van der Waals surface area contributed by atoms with Gasteiger partial charge in [-0.2, -0.15) is 0 Å². The third-order valence-corrected chi connectivity index (χ3v) is 2.28. The van der Waals surface area contributed by atoms with Crippen molar-refractivity contribution in [1.29, 1.82) is 0 Å². The van der Waals surface area contributed by atoms with Crippen molar-refractivity contribution in [3.63, 3.8) is 0 Å². The Morgan fingerprint density at radius 1 is 1.33 bits per heavy atom. The molecule has 0 aliphatic carbocycles. The lowest BCUT2D eigenvalue weighted by atomic mass is 10.1. The van der Waals surface area contributed by atoms with Crippen LogP contribution in [-0.2, 0) is 0 Å². The maximum Gasteiger partial charge on any atom is 0.343 e. The van der Waals surface area contributed by atoms with Gasteiger partial charge in [0.25, 0.3) is 0 Å². The van der Waals surface area contributed by atoms with E-state index in [1.807, 2.05) is 0 Å². The lowest BCUT2D eigenvalue weighted by Crippen LogP contribution is -2.05. The summed E-state index contributed by atoms with van der Waals surface area (Å²) in [5.41, 5.74) is 0.603. The molecule has 0 spiro atoms. The van der Waals surface area contributed by atoms with E-state index in [0.717, 1.165) is 0 Å². The van der Waals surface area contributed by atoms with Crippen LogP contribution in [0.1, 0.15) is 15.9 Å². The first-order valence-corrected chi connectivity index (χ1v) is 4.55. The third kappa shape index (κ3) is 1.99. The van der Waals surface area contributed by atoms with E-state index in [2.05, 4.69) is 0 Å². The quantitative estimate of drug-likeness (QED) is 0.866. The lowest BCUT2D eigenvalue weighted by Gasteiger charge is -2.13. The molecular weight excluding hydrogens is 220 g/mol. The Morgan fingerprint density at radius 3 is 2.27 bits per heavy atom. The second-order valence-electron chi connectivity index (χ2n) is 2.92. The van der Waals surface area contributed by atoms with E-state index in [4.69, 9.17) is 26.2 Å². The molecule has 0 aliphatic rings. The molecule has 0 saturated carbocycles. The predicted octanol–water partition coefficient (Wildman–Crippen LogP) is 2.36. The highest BCUT2D eigenvalue weighted by atomic mass is 35.5. The van der Waals surface area contributed by atoms with E-state index in [1.54, 1.807) is 13.0 Å². The van der Waals surface area contributed by atoms with Gasteiger partial charge in [-0.25, -0.2) is 4.79 Å². The summed E-state index contributed by atoms with van der Waals surface area (Å²) in [6, 6.07) is 1.60. The fraction of sp³-hybridized carbons (Fsp3) is 0.300. The van der Waals surface area contributed by atoms with Gasteiger partial charge in [-0.15, -0.1) is 0 Å². The van der Waals surface area contributed by atoms with Crippen LogP contribution in [-0.4, -0.2) is 25.3 Å². The number of halogens is 1. The van der Waals surface area contributed by atoms with Crippen LogP contribution in [0, 0.1) is 6.92 Å². The number of aromatic carboxylic acids is 1. The van der Waals surface area contributed by atoms with Crippen LogP contribution in [0.25, 0.3) is 0 Å². The summed E-state index contributed by atoms with van der Waals surface area (Å²) >= 11 is 5.86. The molecule has 1 N–H and O–H groups in total. The zero-order chi connectivity index (χ0) is 11.6. The molecule has 0 amide bonds. The molecule has 4 nitrogen and oxygen atoms in total. The smallest absolute Gasteiger partial charge is 0.343 e. The van der Waals surface area contributed by atoms with Crippen LogP contribution in [0.2, 0.25) is 5.02 Å². The summed E-state index contributed by atoms with van der Waals surface area (Å²) < 4.78 is 9.96. The van der Waals surface area contributed by atoms with Crippen LogP contribution in [0.5, 0.6) is 11.5 Å². The van der Waals surface area contributed by atoms with E-state index in [1.165, 1.54) is 14.2 Å². The first-order valence-electron chi connectivity index (χ1n) is 4.17.